The molecular formula is C13H21N3. The molecule has 1 aliphatic rings. The van der Waals surface area contributed by atoms with Crippen LogP contribution >= 0.6 is 0 Å². The van der Waals surface area contributed by atoms with Crippen LogP contribution in [0.3, 0.4) is 0 Å². The Hall–Kier alpha value is -1.09. The maximum absolute atomic E-state index is 4.44. The van der Waals surface area contributed by atoms with Crippen molar-refractivity contribution in [2.75, 3.05) is 18.4 Å². The van der Waals surface area contributed by atoms with Crippen LogP contribution in [-0.4, -0.2) is 18.1 Å². The van der Waals surface area contributed by atoms with Gasteiger partial charge in [-0.1, -0.05) is 19.4 Å². The Balaban J connectivity index is 2.11. The fourth-order valence-corrected chi connectivity index (χ4v) is 2.21. The molecule has 0 amide bonds. The number of pyridine rings is 1. The van der Waals surface area contributed by atoms with Crippen molar-refractivity contribution in [1.82, 2.24) is 10.3 Å². The predicted octanol–water partition coefficient (Wildman–Crippen LogP) is 2.72. The molecule has 1 fully saturated rings. The molecule has 0 radical (unpaired) electrons. The minimum atomic E-state index is 0.488. The van der Waals surface area contributed by atoms with Gasteiger partial charge in [0.25, 0.3) is 0 Å². The number of aromatic nitrogens is 1. The molecular weight excluding hydrogens is 198 g/mol. The first-order valence-corrected chi connectivity index (χ1v) is 6.34. The molecule has 88 valence electrons. The minimum absolute atomic E-state index is 0.488. The van der Waals surface area contributed by atoms with Gasteiger partial charge in [-0.2, -0.15) is 0 Å². The van der Waals surface area contributed by atoms with Crippen LogP contribution in [-0.2, 0) is 0 Å². The Kier molecular flexibility index (Phi) is 4.17. The molecule has 2 rings (SSSR count). The molecule has 1 aromatic heterocycles. The van der Waals surface area contributed by atoms with E-state index in [0.717, 1.165) is 25.3 Å². The van der Waals surface area contributed by atoms with E-state index < -0.39 is 0 Å². The fraction of sp³-hybridized carbons (Fsp3) is 0.615. The lowest BCUT2D eigenvalue weighted by Gasteiger charge is -2.25. The molecule has 0 saturated carbocycles. The zero-order valence-electron chi connectivity index (χ0n) is 10.00. The van der Waals surface area contributed by atoms with Crippen LogP contribution in [0.4, 0.5) is 5.82 Å². The molecule has 0 unspecified atom stereocenters. The van der Waals surface area contributed by atoms with Gasteiger partial charge in [0.05, 0.1) is 0 Å². The standard InChI is InChI=1S/C13H21N3/c1-2-8-15-13-11(6-5-10-16-13)12-7-3-4-9-14-12/h5-6,10,12,14H,2-4,7-9H2,1H3,(H,15,16)/t12-/m1/s1. The summed E-state index contributed by atoms with van der Waals surface area (Å²) in [6.45, 7) is 4.30. The number of hydrogen-bond acceptors (Lipinski definition) is 3. The monoisotopic (exact) mass is 219 g/mol. The van der Waals surface area contributed by atoms with E-state index in [0.29, 0.717) is 6.04 Å². The van der Waals surface area contributed by atoms with Gasteiger partial charge in [-0.25, -0.2) is 4.98 Å². The summed E-state index contributed by atoms with van der Waals surface area (Å²) in [5.41, 5.74) is 1.33. The van der Waals surface area contributed by atoms with Gasteiger partial charge in [-0.05, 0) is 31.9 Å². The van der Waals surface area contributed by atoms with Crippen LogP contribution < -0.4 is 10.6 Å². The van der Waals surface area contributed by atoms with Gasteiger partial charge in [0, 0.05) is 24.3 Å². The lowest BCUT2D eigenvalue weighted by molar-refractivity contribution is 0.412. The van der Waals surface area contributed by atoms with Gasteiger partial charge < -0.3 is 10.6 Å². The highest BCUT2D eigenvalue weighted by molar-refractivity contribution is 5.45. The number of nitrogens with zero attached hydrogens (tertiary/aromatic N) is 1. The van der Waals surface area contributed by atoms with Crippen LogP contribution in [0.5, 0.6) is 0 Å². The molecule has 1 aromatic rings. The van der Waals surface area contributed by atoms with Gasteiger partial charge in [-0.15, -0.1) is 0 Å². The summed E-state index contributed by atoms with van der Waals surface area (Å²) in [5, 5.41) is 6.98. The molecule has 1 aliphatic heterocycles. The molecule has 3 heteroatoms. The third kappa shape index (κ3) is 2.73. The summed E-state index contributed by atoms with van der Waals surface area (Å²) in [6.07, 6.45) is 6.85. The summed E-state index contributed by atoms with van der Waals surface area (Å²) in [7, 11) is 0. The van der Waals surface area contributed by atoms with Gasteiger partial charge in [0.1, 0.15) is 5.82 Å². The minimum Gasteiger partial charge on any atom is -0.370 e. The first-order valence-electron chi connectivity index (χ1n) is 6.34. The van der Waals surface area contributed by atoms with Crippen molar-refractivity contribution in [3.8, 4) is 0 Å². The van der Waals surface area contributed by atoms with Gasteiger partial charge in [0.2, 0.25) is 0 Å². The van der Waals surface area contributed by atoms with Crippen molar-refractivity contribution in [3.05, 3.63) is 23.9 Å². The lowest BCUT2D eigenvalue weighted by atomic mass is 9.98. The summed E-state index contributed by atoms with van der Waals surface area (Å²) in [4.78, 5) is 4.44. The molecule has 3 nitrogen and oxygen atoms in total. The second-order valence-electron chi connectivity index (χ2n) is 4.37. The van der Waals surface area contributed by atoms with Crippen LogP contribution in [0.25, 0.3) is 0 Å². The third-order valence-electron chi connectivity index (χ3n) is 3.07. The summed E-state index contributed by atoms with van der Waals surface area (Å²) < 4.78 is 0. The van der Waals surface area contributed by atoms with Crippen LogP contribution in [0.1, 0.15) is 44.2 Å². The quantitative estimate of drug-likeness (QED) is 0.817. The highest BCUT2D eigenvalue weighted by Gasteiger charge is 2.17. The van der Waals surface area contributed by atoms with E-state index in [2.05, 4.69) is 28.6 Å². The average molecular weight is 219 g/mol. The fourth-order valence-electron chi connectivity index (χ4n) is 2.21. The van der Waals surface area contributed by atoms with E-state index in [-0.39, 0.29) is 0 Å². The molecule has 0 spiro atoms. The normalized spacial score (nSPS) is 20.7. The van der Waals surface area contributed by atoms with Crippen molar-refractivity contribution in [1.29, 1.82) is 0 Å². The van der Waals surface area contributed by atoms with E-state index in [1.807, 2.05) is 12.3 Å². The number of hydrogen-bond donors (Lipinski definition) is 2. The second-order valence-corrected chi connectivity index (χ2v) is 4.37. The topological polar surface area (TPSA) is 37.0 Å². The Morgan fingerprint density at radius 3 is 3.19 bits per heavy atom. The van der Waals surface area contributed by atoms with Crippen molar-refractivity contribution in [2.45, 2.75) is 38.6 Å². The van der Waals surface area contributed by atoms with Gasteiger partial charge >= 0.3 is 0 Å². The maximum Gasteiger partial charge on any atom is 0.130 e. The summed E-state index contributed by atoms with van der Waals surface area (Å²) >= 11 is 0. The number of nitrogens with one attached hydrogen (secondary N) is 2. The predicted molar refractivity (Wildman–Crippen MR) is 67.6 cm³/mol. The largest absolute Gasteiger partial charge is 0.370 e. The Morgan fingerprint density at radius 2 is 2.44 bits per heavy atom. The molecule has 2 N–H and O–H groups in total. The van der Waals surface area contributed by atoms with Crippen LogP contribution in [0.15, 0.2) is 18.3 Å². The summed E-state index contributed by atoms with van der Waals surface area (Å²) in [6, 6.07) is 4.71. The van der Waals surface area contributed by atoms with E-state index >= 15 is 0 Å². The maximum atomic E-state index is 4.44. The SMILES string of the molecule is CCCNc1ncccc1[C@H]1CCCCN1. The molecule has 0 bridgehead atoms. The number of piperidine rings is 1. The van der Waals surface area contributed by atoms with Crippen molar-refractivity contribution in [2.24, 2.45) is 0 Å². The first-order chi connectivity index (χ1) is 7.92. The van der Waals surface area contributed by atoms with Crippen LogP contribution in [0.2, 0.25) is 0 Å². The molecule has 2 heterocycles. The van der Waals surface area contributed by atoms with Crippen molar-refractivity contribution in [3.63, 3.8) is 0 Å². The Morgan fingerprint density at radius 1 is 1.50 bits per heavy atom. The van der Waals surface area contributed by atoms with Crippen molar-refractivity contribution < 1.29 is 0 Å². The van der Waals surface area contributed by atoms with E-state index in [1.165, 1.54) is 24.8 Å². The molecule has 1 atom stereocenters. The lowest BCUT2D eigenvalue weighted by Crippen LogP contribution is -2.27. The zero-order chi connectivity index (χ0) is 11.2. The van der Waals surface area contributed by atoms with Gasteiger partial charge in [-0.3, -0.25) is 0 Å². The first kappa shape index (κ1) is 11.4. The Labute approximate surface area is 97.7 Å². The zero-order valence-corrected chi connectivity index (χ0v) is 10.00. The highest BCUT2D eigenvalue weighted by atomic mass is 15.0. The highest BCUT2D eigenvalue weighted by Crippen LogP contribution is 2.27. The number of rotatable bonds is 4. The van der Waals surface area contributed by atoms with Crippen LogP contribution in [0, 0.1) is 0 Å². The molecule has 16 heavy (non-hydrogen) atoms. The molecule has 0 aliphatic carbocycles. The summed E-state index contributed by atoms with van der Waals surface area (Å²) in [5.74, 6) is 1.06. The average Bonchev–Trinajstić information content (AvgIpc) is 2.38. The molecule has 0 aromatic carbocycles. The number of anilines is 1. The second kappa shape index (κ2) is 5.85. The third-order valence-corrected chi connectivity index (χ3v) is 3.07. The molecule has 1 saturated heterocycles. The van der Waals surface area contributed by atoms with E-state index in [4.69, 9.17) is 0 Å². The van der Waals surface area contributed by atoms with Gasteiger partial charge in [0.15, 0.2) is 0 Å². The van der Waals surface area contributed by atoms with E-state index in [9.17, 15) is 0 Å². The Bertz CT molecular complexity index is 319. The van der Waals surface area contributed by atoms with Crippen molar-refractivity contribution >= 4 is 5.82 Å². The smallest absolute Gasteiger partial charge is 0.130 e. The van der Waals surface area contributed by atoms with E-state index in [1.54, 1.807) is 0 Å².